The number of hydrogen-bond acceptors (Lipinski definition) is 3. The van der Waals surface area contributed by atoms with Crippen LogP contribution in [-0.2, 0) is 11.3 Å². The van der Waals surface area contributed by atoms with Crippen molar-refractivity contribution in [3.05, 3.63) is 34.7 Å². The predicted molar refractivity (Wildman–Crippen MR) is 69.5 cm³/mol. The zero-order chi connectivity index (χ0) is 12.0. The molecule has 6 heteroatoms. The second-order valence-corrected chi connectivity index (χ2v) is 3.66. The van der Waals surface area contributed by atoms with E-state index in [2.05, 4.69) is 10.6 Å². The number of carbonyl (C=O) groups is 1. The lowest BCUT2D eigenvalue weighted by Gasteiger charge is -2.11. The van der Waals surface area contributed by atoms with E-state index in [1.807, 2.05) is 14.0 Å². The molecule has 1 rings (SSSR count). The second-order valence-electron chi connectivity index (χ2n) is 3.66. The molecule has 0 radical (unpaired) electrons. The first-order chi connectivity index (χ1) is 7.63. The second kappa shape index (κ2) is 7.86. The average molecular weight is 260 g/mol. The number of nitrogens with one attached hydrogen (secondary N) is 2. The molecule has 0 bridgehead atoms. The number of aromatic nitrogens is 1. The molecular weight excluding hydrogens is 242 g/mol. The van der Waals surface area contributed by atoms with Gasteiger partial charge >= 0.3 is 0 Å². The highest BCUT2D eigenvalue weighted by atomic mass is 35.5. The smallest absolute Gasteiger partial charge is 0.250 e. The molecule has 1 aromatic rings. The first kappa shape index (κ1) is 15.7. The molecule has 0 spiro atoms. The Morgan fingerprint density at radius 1 is 1.47 bits per heavy atom. The van der Waals surface area contributed by atoms with Gasteiger partial charge in [-0.2, -0.15) is 0 Å². The van der Waals surface area contributed by atoms with Crippen LogP contribution in [0.2, 0.25) is 0 Å². The molecule has 0 saturated carbocycles. The third-order valence-electron chi connectivity index (χ3n) is 2.31. The molecule has 0 aliphatic rings. The summed E-state index contributed by atoms with van der Waals surface area (Å²) in [7, 11) is 1.83. The van der Waals surface area contributed by atoms with Gasteiger partial charge in [-0.15, -0.1) is 12.4 Å². The van der Waals surface area contributed by atoms with Gasteiger partial charge in [-0.1, -0.05) is 6.07 Å². The fourth-order valence-electron chi connectivity index (χ4n) is 1.17. The molecule has 96 valence electrons. The van der Waals surface area contributed by atoms with E-state index in [1.165, 1.54) is 10.6 Å². The normalized spacial score (nSPS) is 11.4. The number of pyridine rings is 1. The molecule has 2 N–H and O–H groups in total. The van der Waals surface area contributed by atoms with Gasteiger partial charge in [0.15, 0.2) is 0 Å². The van der Waals surface area contributed by atoms with E-state index in [9.17, 15) is 9.59 Å². The average Bonchev–Trinajstić information content (AvgIpc) is 2.29. The van der Waals surface area contributed by atoms with E-state index in [0.29, 0.717) is 6.54 Å². The highest BCUT2D eigenvalue weighted by molar-refractivity contribution is 5.85. The van der Waals surface area contributed by atoms with Gasteiger partial charge in [0, 0.05) is 24.8 Å². The molecule has 1 heterocycles. The summed E-state index contributed by atoms with van der Waals surface area (Å²) in [6, 6.07) is 5.03. The first-order valence-electron chi connectivity index (χ1n) is 5.23. The van der Waals surface area contributed by atoms with Crippen molar-refractivity contribution in [1.29, 1.82) is 0 Å². The molecule has 1 amide bonds. The highest BCUT2D eigenvalue weighted by Gasteiger charge is 2.04. The van der Waals surface area contributed by atoms with E-state index >= 15 is 0 Å². The van der Waals surface area contributed by atoms with Crippen LogP contribution in [0.25, 0.3) is 0 Å². The summed E-state index contributed by atoms with van der Waals surface area (Å²) in [5.41, 5.74) is -0.167. The Balaban J connectivity index is 0.00000256. The monoisotopic (exact) mass is 259 g/mol. The Labute approximate surface area is 107 Å². The van der Waals surface area contributed by atoms with Crippen molar-refractivity contribution in [2.45, 2.75) is 19.5 Å². The van der Waals surface area contributed by atoms with Crippen LogP contribution in [0.5, 0.6) is 0 Å². The lowest BCUT2D eigenvalue weighted by molar-refractivity contribution is -0.121. The summed E-state index contributed by atoms with van der Waals surface area (Å²) < 4.78 is 1.37. The van der Waals surface area contributed by atoms with Crippen molar-refractivity contribution >= 4 is 18.3 Å². The van der Waals surface area contributed by atoms with Crippen molar-refractivity contribution in [3.8, 4) is 0 Å². The quantitative estimate of drug-likeness (QED) is 0.782. The van der Waals surface area contributed by atoms with Gasteiger partial charge in [0.1, 0.15) is 6.54 Å². The van der Waals surface area contributed by atoms with Gasteiger partial charge in [0.25, 0.3) is 5.56 Å². The maximum absolute atomic E-state index is 11.5. The van der Waals surface area contributed by atoms with Crippen LogP contribution in [0.4, 0.5) is 0 Å². The Bertz CT molecular complexity index is 406. The zero-order valence-electron chi connectivity index (χ0n) is 9.97. The van der Waals surface area contributed by atoms with E-state index in [1.54, 1.807) is 18.3 Å². The van der Waals surface area contributed by atoms with Crippen molar-refractivity contribution in [1.82, 2.24) is 15.2 Å². The number of hydrogen-bond donors (Lipinski definition) is 2. The summed E-state index contributed by atoms with van der Waals surface area (Å²) in [5.74, 6) is -0.157. The SMILES string of the molecule is CNC(C)CNC(=O)Cn1ccccc1=O.Cl. The van der Waals surface area contributed by atoms with Crippen LogP contribution >= 0.6 is 12.4 Å². The van der Waals surface area contributed by atoms with Crippen LogP contribution in [0.3, 0.4) is 0 Å². The molecule has 0 fully saturated rings. The van der Waals surface area contributed by atoms with Crippen molar-refractivity contribution in [2.75, 3.05) is 13.6 Å². The lowest BCUT2D eigenvalue weighted by Crippen LogP contribution is -2.39. The van der Waals surface area contributed by atoms with Gasteiger partial charge < -0.3 is 15.2 Å². The zero-order valence-corrected chi connectivity index (χ0v) is 10.8. The van der Waals surface area contributed by atoms with Crippen molar-refractivity contribution in [2.24, 2.45) is 0 Å². The molecule has 1 aromatic heterocycles. The van der Waals surface area contributed by atoms with Crippen molar-refractivity contribution < 1.29 is 4.79 Å². The van der Waals surface area contributed by atoms with E-state index in [-0.39, 0.29) is 36.5 Å². The van der Waals surface area contributed by atoms with Crippen molar-refractivity contribution in [3.63, 3.8) is 0 Å². The molecule has 1 unspecified atom stereocenters. The van der Waals surface area contributed by atoms with Gasteiger partial charge in [-0.05, 0) is 20.0 Å². The van der Waals surface area contributed by atoms with E-state index in [0.717, 1.165) is 0 Å². The topological polar surface area (TPSA) is 63.1 Å². The largest absolute Gasteiger partial charge is 0.353 e. The number of carbonyl (C=O) groups excluding carboxylic acids is 1. The maximum atomic E-state index is 11.5. The molecule has 17 heavy (non-hydrogen) atoms. The fourth-order valence-corrected chi connectivity index (χ4v) is 1.17. The van der Waals surface area contributed by atoms with Gasteiger partial charge in [-0.3, -0.25) is 9.59 Å². The molecule has 0 saturated heterocycles. The lowest BCUT2D eigenvalue weighted by atomic mass is 10.3. The maximum Gasteiger partial charge on any atom is 0.250 e. The number of rotatable bonds is 5. The summed E-state index contributed by atoms with van der Waals surface area (Å²) in [6.45, 7) is 2.59. The molecule has 1 atom stereocenters. The van der Waals surface area contributed by atoms with Crippen LogP contribution in [0, 0.1) is 0 Å². The highest BCUT2D eigenvalue weighted by Crippen LogP contribution is 1.83. The fraction of sp³-hybridized carbons (Fsp3) is 0.455. The molecule has 0 aliphatic heterocycles. The van der Waals surface area contributed by atoms with E-state index < -0.39 is 0 Å². The third-order valence-corrected chi connectivity index (χ3v) is 2.31. The first-order valence-corrected chi connectivity index (χ1v) is 5.23. The van der Waals surface area contributed by atoms with Gasteiger partial charge in [0.2, 0.25) is 5.91 Å². The summed E-state index contributed by atoms with van der Waals surface area (Å²) >= 11 is 0. The van der Waals surface area contributed by atoms with Crippen LogP contribution in [0.15, 0.2) is 29.2 Å². The summed E-state index contributed by atoms with van der Waals surface area (Å²) in [5, 5.41) is 5.76. The minimum absolute atomic E-state index is 0. The molecule has 0 aliphatic carbocycles. The summed E-state index contributed by atoms with van der Waals surface area (Å²) in [6.07, 6.45) is 1.60. The number of halogens is 1. The molecule has 0 aromatic carbocycles. The van der Waals surface area contributed by atoms with Gasteiger partial charge in [-0.25, -0.2) is 0 Å². The standard InChI is InChI=1S/C11H17N3O2.ClH/c1-9(12-2)7-13-10(15)8-14-6-4-3-5-11(14)16;/h3-6,9,12H,7-8H2,1-2H3,(H,13,15);1H. The Morgan fingerprint density at radius 2 is 2.18 bits per heavy atom. The Morgan fingerprint density at radius 3 is 2.76 bits per heavy atom. The molecule has 5 nitrogen and oxygen atoms in total. The third kappa shape index (κ3) is 5.51. The molecular formula is C11H18ClN3O2. The summed E-state index contributed by atoms with van der Waals surface area (Å²) in [4.78, 5) is 22.8. The Kier molecular flexibility index (Phi) is 7.25. The number of likely N-dealkylation sites (N-methyl/N-ethyl adjacent to an activating group) is 1. The minimum atomic E-state index is -0.167. The number of amides is 1. The number of nitrogens with zero attached hydrogens (tertiary/aromatic N) is 1. The van der Waals surface area contributed by atoms with Gasteiger partial charge in [0.05, 0.1) is 0 Å². The predicted octanol–water partition coefficient (Wildman–Crippen LogP) is -0.00580. The Hall–Kier alpha value is -1.33. The van der Waals surface area contributed by atoms with E-state index in [4.69, 9.17) is 0 Å². The minimum Gasteiger partial charge on any atom is -0.353 e. The van der Waals surface area contributed by atoms with Crippen LogP contribution in [0.1, 0.15) is 6.92 Å². The van der Waals surface area contributed by atoms with Crippen LogP contribution in [-0.4, -0.2) is 30.1 Å². The van der Waals surface area contributed by atoms with Crippen LogP contribution < -0.4 is 16.2 Å².